The van der Waals surface area contributed by atoms with Crippen LogP contribution in [0, 0.1) is 0 Å². The van der Waals surface area contributed by atoms with Gasteiger partial charge >= 0.3 is 0 Å². The van der Waals surface area contributed by atoms with E-state index >= 15 is 0 Å². The predicted octanol–water partition coefficient (Wildman–Crippen LogP) is 4.25. The van der Waals surface area contributed by atoms with E-state index in [1.54, 1.807) is 36.9 Å². The number of carbonyl (C=O) groups is 2. The summed E-state index contributed by atoms with van der Waals surface area (Å²) in [4.78, 5) is 32.5. The second kappa shape index (κ2) is 10.7. The maximum absolute atomic E-state index is 12.2. The Morgan fingerprint density at radius 1 is 0.800 bits per heavy atom. The number of pyridine rings is 2. The fourth-order valence-corrected chi connectivity index (χ4v) is 2.99. The summed E-state index contributed by atoms with van der Waals surface area (Å²) in [5.41, 5.74) is 9.48. The van der Waals surface area contributed by atoms with Crippen molar-refractivity contribution in [3.8, 4) is 11.1 Å². The molecule has 7 nitrogen and oxygen atoms in total. The Morgan fingerprint density at radius 3 is 2.27 bits per heavy atom. The number of aromatic nitrogens is 2. The van der Waals surface area contributed by atoms with Crippen LogP contribution in [-0.2, 0) is 9.59 Å². The first kappa shape index (κ1) is 21.0. The molecule has 154 valence electrons. The van der Waals surface area contributed by atoms with Crippen molar-refractivity contribution in [1.29, 1.82) is 0 Å². The molecular formula is C23H25N5O2. The summed E-state index contributed by atoms with van der Waals surface area (Å²) in [6.07, 6.45) is 9.83. The molecule has 0 fully saturated rings. The lowest BCUT2D eigenvalue weighted by Gasteiger charge is -2.08. The van der Waals surface area contributed by atoms with Gasteiger partial charge in [-0.25, -0.2) is 0 Å². The van der Waals surface area contributed by atoms with Crippen molar-refractivity contribution < 1.29 is 9.59 Å². The van der Waals surface area contributed by atoms with Crippen molar-refractivity contribution in [3.63, 3.8) is 0 Å². The molecule has 0 aliphatic heterocycles. The van der Waals surface area contributed by atoms with Crippen LogP contribution in [0.15, 0.2) is 67.3 Å². The van der Waals surface area contributed by atoms with Crippen molar-refractivity contribution in [2.75, 3.05) is 16.4 Å². The third-order valence-electron chi connectivity index (χ3n) is 4.56. The van der Waals surface area contributed by atoms with Crippen LogP contribution in [0.1, 0.15) is 32.1 Å². The lowest BCUT2D eigenvalue weighted by Crippen LogP contribution is -2.13. The molecule has 0 spiro atoms. The number of nitrogens with two attached hydrogens (primary N) is 1. The molecule has 0 radical (unpaired) electrons. The zero-order valence-electron chi connectivity index (χ0n) is 16.7. The van der Waals surface area contributed by atoms with Crippen LogP contribution in [0.2, 0.25) is 0 Å². The molecule has 2 aromatic heterocycles. The quantitative estimate of drug-likeness (QED) is 0.365. The number of para-hydroxylation sites is 2. The third kappa shape index (κ3) is 6.41. The molecule has 7 heteroatoms. The van der Waals surface area contributed by atoms with E-state index in [4.69, 9.17) is 5.73 Å². The molecule has 0 saturated carbocycles. The fourth-order valence-electron chi connectivity index (χ4n) is 2.99. The highest BCUT2D eigenvalue weighted by atomic mass is 16.2. The van der Waals surface area contributed by atoms with E-state index in [0.717, 1.165) is 17.5 Å². The van der Waals surface area contributed by atoms with Crippen LogP contribution in [-0.4, -0.2) is 21.8 Å². The van der Waals surface area contributed by atoms with Crippen molar-refractivity contribution >= 4 is 28.9 Å². The van der Waals surface area contributed by atoms with Crippen LogP contribution in [0.25, 0.3) is 11.1 Å². The predicted molar refractivity (Wildman–Crippen MR) is 119 cm³/mol. The zero-order valence-corrected chi connectivity index (χ0v) is 16.7. The minimum Gasteiger partial charge on any atom is -0.397 e. The summed E-state index contributed by atoms with van der Waals surface area (Å²) in [5.74, 6) is -0.141. The molecule has 0 atom stereocenters. The minimum absolute atomic E-state index is 0.0679. The second-order valence-electron chi connectivity index (χ2n) is 6.95. The van der Waals surface area contributed by atoms with E-state index < -0.39 is 0 Å². The number of amides is 2. The minimum atomic E-state index is -0.0735. The van der Waals surface area contributed by atoms with Gasteiger partial charge in [0.25, 0.3) is 0 Å². The SMILES string of the molecule is Nc1ccccc1NC(=O)CCCCCC(=O)Nc1cncc(-c2cccnc2)c1. The third-order valence-corrected chi connectivity index (χ3v) is 4.56. The Kier molecular flexibility index (Phi) is 7.49. The number of hydrogen-bond donors (Lipinski definition) is 3. The number of nitrogens with zero attached hydrogens (tertiary/aromatic N) is 2. The van der Waals surface area contributed by atoms with Gasteiger partial charge in [-0.15, -0.1) is 0 Å². The van der Waals surface area contributed by atoms with Gasteiger partial charge in [0.1, 0.15) is 0 Å². The molecule has 3 rings (SSSR count). The number of unbranched alkanes of at least 4 members (excludes halogenated alkanes) is 2. The van der Waals surface area contributed by atoms with Gasteiger partial charge < -0.3 is 16.4 Å². The number of benzene rings is 1. The molecule has 0 bridgehead atoms. The van der Waals surface area contributed by atoms with Crippen molar-refractivity contribution in [2.45, 2.75) is 32.1 Å². The molecule has 0 aliphatic rings. The van der Waals surface area contributed by atoms with Crippen LogP contribution in [0.4, 0.5) is 17.1 Å². The highest BCUT2D eigenvalue weighted by molar-refractivity contribution is 5.93. The zero-order chi connectivity index (χ0) is 21.2. The van der Waals surface area contributed by atoms with Gasteiger partial charge in [-0.1, -0.05) is 24.6 Å². The van der Waals surface area contributed by atoms with E-state index in [-0.39, 0.29) is 11.8 Å². The number of rotatable bonds is 9. The molecule has 0 saturated heterocycles. The highest BCUT2D eigenvalue weighted by Crippen LogP contribution is 2.21. The van der Waals surface area contributed by atoms with Gasteiger partial charge in [-0.2, -0.15) is 0 Å². The van der Waals surface area contributed by atoms with Crippen LogP contribution >= 0.6 is 0 Å². The Hall–Kier alpha value is -3.74. The van der Waals surface area contributed by atoms with E-state index in [9.17, 15) is 9.59 Å². The molecule has 2 amide bonds. The number of carbonyl (C=O) groups excluding carboxylic acids is 2. The van der Waals surface area contributed by atoms with Gasteiger partial charge in [0.2, 0.25) is 11.8 Å². The second-order valence-corrected chi connectivity index (χ2v) is 6.95. The molecule has 1 aromatic carbocycles. The van der Waals surface area contributed by atoms with Crippen molar-refractivity contribution in [1.82, 2.24) is 9.97 Å². The molecule has 0 unspecified atom stereocenters. The Morgan fingerprint density at radius 2 is 1.53 bits per heavy atom. The first-order valence-corrected chi connectivity index (χ1v) is 9.91. The van der Waals surface area contributed by atoms with Crippen LogP contribution in [0.5, 0.6) is 0 Å². The fraction of sp³-hybridized carbons (Fsp3) is 0.217. The molecule has 3 aromatic rings. The Balaban J connectivity index is 1.36. The summed E-state index contributed by atoms with van der Waals surface area (Å²) in [5, 5.41) is 5.68. The monoisotopic (exact) mass is 403 g/mol. The summed E-state index contributed by atoms with van der Waals surface area (Å²) < 4.78 is 0. The lowest BCUT2D eigenvalue weighted by atomic mass is 10.1. The van der Waals surface area contributed by atoms with Gasteiger partial charge in [0, 0.05) is 42.6 Å². The smallest absolute Gasteiger partial charge is 0.224 e. The number of nitrogen functional groups attached to an aromatic ring is 1. The first-order valence-electron chi connectivity index (χ1n) is 9.91. The molecule has 2 heterocycles. The van der Waals surface area contributed by atoms with Gasteiger partial charge in [0.15, 0.2) is 0 Å². The Bertz CT molecular complexity index is 992. The first-order chi connectivity index (χ1) is 14.6. The van der Waals surface area contributed by atoms with E-state index in [0.29, 0.717) is 42.7 Å². The largest absolute Gasteiger partial charge is 0.397 e. The maximum atomic E-state index is 12.2. The summed E-state index contributed by atoms with van der Waals surface area (Å²) in [6.45, 7) is 0. The van der Waals surface area contributed by atoms with Crippen molar-refractivity contribution in [3.05, 3.63) is 67.3 Å². The van der Waals surface area contributed by atoms with Crippen LogP contribution in [0.3, 0.4) is 0 Å². The molecular weight excluding hydrogens is 378 g/mol. The highest BCUT2D eigenvalue weighted by Gasteiger charge is 2.07. The summed E-state index contributed by atoms with van der Waals surface area (Å²) >= 11 is 0. The number of hydrogen-bond acceptors (Lipinski definition) is 5. The van der Waals surface area contributed by atoms with Gasteiger partial charge in [-0.05, 0) is 37.1 Å². The van der Waals surface area contributed by atoms with E-state index in [1.165, 1.54) is 0 Å². The Labute approximate surface area is 175 Å². The van der Waals surface area contributed by atoms with Crippen molar-refractivity contribution in [2.24, 2.45) is 0 Å². The van der Waals surface area contributed by atoms with E-state index in [2.05, 4.69) is 20.6 Å². The summed E-state index contributed by atoms with van der Waals surface area (Å²) in [7, 11) is 0. The van der Waals surface area contributed by atoms with Gasteiger partial charge in [0.05, 0.1) is 23.3 Å². The molecule has 30 heavy (non-hydrogen) atoms. The van der Waals surface area contributed by atoms with Crippen LogP contribution < -0.4 is 16.4 Å². The number of anilines is 3. The average Bonchev–Trinajstić information content (AvgIpc) is 2.76. The topological polar surface area (TPSA) is 110 Å². The maximum Gasteiger partial charge on any atom is 0.224 e. The normalized spacial score (nSPS) is 10.4. The summed E-state index contributed by atoms with van der Waals surface area (Å²) in [6, 6.07) is 12.8. The number of nitrogens with one attached hydrogen (secondary N) is 2. The standard InChI is InChI=1S/C23H25N5O2/c24-20-8-4-5-9-21(20)28-23(30)11-3-1-2-10-22(29)27-19-13-18(15-26-16-19)17-7-6-12-25-14-17/h4-9,12-16H,1-3,10-11,24H2,(H,27,29)(H,28,30). The lowest BCUT2D eigenvalue weighted by molar-refractivity contribution is -0.116. The van der Waals surface area contributed by atoms with E-state index in [1.807, 2.05) is 30.3 Å². The van der Waals surface area contributed by atoms with Gasteiger partial charge in [-0.3, -0.25) is 19.6 Å². The molecule has 4 N–H and O–H groups in total. The average molecular weight is 403 g/mol. The molecule has 0 aliphatic carbocycles.